The lowest BCUT2D eigenvalue weighted by Crippen LogP contribution is -2.47. The van der Waals surface area contributed by atoms with Gasteiger partial charge in [0, 0.05) is 54.2 Å². The fraction of sp³-hybridized carbons (Fsp3) is 0.333. The molecule has 3 aromatic rings. The molecule has 0 radical (unpaired) electrons. The van der Waals surface area contributed by atoms with Gasteiger partial charge in [0.15, 0.2) is 5.78 Å². The number of halogens is 1. The monoisotopic (exact) mass is 499 g/mol. The molecule has 1 aromatic heterocycles. The number of aromatic nitrogens is 1. The van der Waals surface area contributed by atoms with Crippen molar-refractivity contribution in [2.45, 2.75) is 45.3 Å². The number of piperidine rings is 1. The second kappa shape index (κ2) is 10.7. The molecule has 0 aliphatic carbocycles. The Morgan fingerprint density at radius 1 is 1.11 bits per heavy atom. The highest BCUT2D eigenvalue weighted by Gasteiger charge is 2.33. The molecule has 2 aliphatic rings. The van der Waals surface area contributed by atoms with Gasteiger partial charge in [-0.1, -0.05) is 18.2 Å². The van der Waals surface area contributed by atoms with E-state index in [0.29, 0.717) is 42.8 Å². The first-order chi connectivity index (χ1) is 17.9. The van der Waals surface area contributed by atoms with Gasteiger partial charge in [-0.15, -0.1) is 0 Å². The molecule has 0 amide bonds. The number of likely N-dealkylation sites (tertiary alicyclic amines) is 1. The first-order valence-electron chi connectivity index (χ1n) is 12.6. The number of carbonyl (C=O) groups excluding carboxylic acids is 2. The van der Waals surface area contributed by atoms with E-state index in [1.54, 1.807) is 31.5 Å². The number of Topliss-reactive ketones (excluding diaryl/α,β-unsaturated/α-hetero) is 2. The minimum atomic E-state index is -0.357. The summed E-state index contributed by atoms with van der Waals surface area (Å²) in [6, 6.07) is 14.1. The molecule has 2 atom stereocenters. The van der Waals surface area contributed by atoms with Crippen molar-refractivity contribution in [1.82, 2.24) is 9.88 Å². The summed E-state index contributed by atoms with van der Waals surface area (Å²) in [5.74, 6) is 0.303. The van der Waals surface area contributed by atoms with Crippen molar-refractivity contribution in [3.8, 4) is 5.75 Å². The van der Waals surface area contributed by atoms with E-state index in [1.807, 2.05) is 35.2 Å². The maximum absolute atomic E-state index is 14.7. The third-order valence-electron chi connectivity index (χ3n) is 7.43. The number of rotatable bonds is 8. The van der Waals surface area contributed by atoms with Crippen LogP contribution in [0.5, 0.6) is 5.75 Å². The van der Waals surface area contributed by atoms with Crippen LogP contribution in [0.1, 0.15) is 58.8 Å². The number of nitrogens with zero attached hydrogens (tertiary/aromatic N) is 3. The van der Waals surface area contributed by atoms with Gasteiger partial charge in [0.25, 0.3) is 0 Å². The second-order valence-corrected chi connectivity index (χ2v) is 9.82. The molecule has 190 valence electrons. The molecule has 0 bridgehead atoms. The van der Waals surface area contributed by atoms with Crippen LogP contribution >= 0.6 is 0 Å². The van der Waals surface area contributed by atoms with Crippen molar-refractivity contribution in [2.24, 2.45) is 10.9 Å². The van der Waals surface area contributed by atoms with Crippen LogP contribution in [0.15, 0.2) is 65.9 Å². The average Bonchev–Trinajstić information content (AvgIpc) is 3.33. The van der Waals surface area contributed by atoms with E-state index in [-0.39, 0.29) is 35.9 Å². The molecule has 6 nitrogen and oxygen atoms in total. The Labute approximate surface area is 216 Å². The maximum atomic E-state index is 14.7. The zero-order valence-corrected chi connectivity index (χ0v) is 21.1. The number of hydrogen-bond acceptors (Lipinski definition) is 6. The van der Waals surface area contributed by atoms with Gasteiger partial charge >= 0.3 is 0 Å². The minimum absolute atomic E-state index is 0.0571. The molecule has 7 heteroatoms. The smallest absolute Gasteiger partial charge is 0.163 e. The fourth-order valence-electron chi connectivity index (χ4n) is 5.51. The Morgan fingerprint density at radius 2 is 1.92 bits per heavy atom. The lowest BCUT2D eigenvalue weighted by atomic mass is 9.85. The summed E-state index contributed by atoms with van der Waals surface area (Å²) in [4.78, 5) is 36.5. The number of pyridine rings is 1. The van der Waals surface area contributed by atoms with Crippen molar-refractivity contribution in [2.75, 3.05) is 13.7 Å². The highest BCUT2D eigenvalue weighted by atomic mass is 19.1. The summed E-state index contributed by atoms with van der Waals surface area (Å²) < 4.78 is 20.0. The van der Waals surface area contributed by atoms with E-state index in [0.717, 1.165) is 28.8 Å². The maximum Gasteiger partial charge on any atom is 0.163 e. The molecule has 0 N–H and O–H groups in total. The Morgan fingerprint density at radius 3 is 2.68 bits per heavy atom. The number of hydrogen-bond donors (Lipinski definition) is 0. The van der Waals surface area contributed by atoms with Gasteiger partial charge in [0.2, 0.25) is 0 Å². The van der Waals surface area contributed by atoms with Gasteiger partial charge in [-0.05, 0) is 61.6 Å². The van der Waals surface area contributed by atoms with Crippen molar-refractivity contribution in [1.29, 1.82) is 0 Å². The molecule has 37 heavy (non-hydrogen) atoms. The highest BCUT2D eigenvalue weighted by molar-refractivity contribution is 6.16. The Hall–Kier alpha value is -3.71. The van der Waals surface area contributed by atoms with Crippen molar-refractivity contribution in [3.05, 3.63) is 94.6 Å². The number of carbonyl (C=O) groups is 2. The summed E-state index contributed by atoms with van der Waals surface area (Å²) in [7, 11) is 1.51. The lowest BCUT2D eigenvalue weighted by molar-refractivity contribution is -0.124. The summed E-state index contributed by atoms with van der Waals surface area (Å²) in [5.41, 5.74) is 5.07. The van der Waals surface area contributed by atoms with Crippen LogP contribution in [0, 0.1) is 11.7 Å². The SMILES string of the molecule is COc1cccc(F)c1CN1C[C@H](CC(=O)c2ccc3c(c2)C(c2ccncc2)=NC3)CC[C@H]1C(C)=O. The van der Waals surface area contributed by atoms with E-state index < -0.39 is 0 Å². The average molecular weight is 500 g/mol. The molecule has 5 rings (SSSR count). The summed E-state index contributed by atoms with van der Waals surface area (Å²) in [5, 5.41) is 0. The number of ether oxygens (including phenoxy) is 1. The van der Waals surface area contributed by atoms with Gasteiger partial charge in [0.1, 0.15) is 17.3 Å². The van der Waals surface area contributed by atoms with Gasteiger partial charge in [-0.2, -0.15) is 0 Å². The largest absolute Gasteiger partial charge is 0.496 e. The van der Waals surface area contributed by atoms with Crippen LogP contribution in [0.2, 0.25) is 0 Å². The third kappa shape index (κ3) is 5.23. The lowest BCUT2D eigenvalue weighted by Gasteiger charge is -2.38. The third-order valence-corrected chi connectivity index (χ3v) is 7.43. The van der Waals surface area contributed by atoms with Crippen LogP contribution in [-0.2, 0) is 17.9 Å². The normalized spacial score (nSPS) is 19.3. The summed E-state index contributed by atoms with van der Waals surface area (Å²) >= 11 is 0. The quantitative estimate of drug-likeness (QED) is 0.407. The van der Waals surface area contributed by atoms with Crippen LogP contribution in [0.4, 0.5) is 4.39 Å². The number of methoxy groups -OCH3 is 1. The Kier molecular flexibility index (Phi) is 7.24. The van der Waals surface area contributed by atoms with E-state index in [4.69, 9.17) is 4.74 Å². The van der Waals surface area contributed by atoms with Gasteiger partial charge in [-0.3, -0.25) is 24.5 Å². The van der Waals surface area contributed by atoms with Crippen LogP contribution in [0.25, 0.3) is 0 Å². The van der Waals surface area contributed by atoms with Crippen molar-refractivity contribution < 1.29 is 18.7 Å². The zero-order chi connectivity index (χ0) is 25.9. The molecule has 1 saturated heterocycles. The van der Waals surface area contributed by atoms with Crippen LogP contribution < -0.4 is 4.74 Å². The summed E-state index contributed by atoms with van der Waals surface area (Å²) in [6.45, 7) is 2.98. The molecule has 2 aromatic carbocycles. The number of fused-ring (bicyclic) bond motifs is 1. The topological polar surface area (TPSA) is 71.9 Å². The first kappa shape index (κ1) is 25.0. The molecular weight excluding hydrogens is 469 g/mol. The standard InChI is InChI=1S/C30H30FN3O3/c1-19(35)27-9-6-20(17-34(27)18-25-26(31)4-3-5-29(25)37-2)14-28(36)22-7-8-23-16-33-30(24(23)15-22)21-10-12-32-13-11-21/h3-5,7-8,10-13,15,20,27H,6,9,14,16-18H2,1-2H3/t20-,27-/m0/s1. The van der Waals surface area contributed by atoms with E-state index in [9.17, 15) is 14.0 Å². The summed E-state index contributed by atoms with van der Waals surface area (Å²) in [6.07, 6.45) is 5.27. The number of benzene rings is 2. The van der Waals surface area contributed by atoms with Gasteiger partial charge < -0.3 is 4.74 Å². The highest BCUT2D eigenvalue weighted by Crippen LogP contribution is 2.31. The molecule has 0 spiro atoms. The van der Waals surface area contributed by atoms with E-state index in [2.05, 4.69) is 9.98 Å². The Bertz CT molecular complexity index is 1360. The molecule has 0 saturated carbocycles. The van der Waals surface area contributed by atoms with Crippen LogP contribution in [-0.4, -0.2) is 46.9 Å². The predicted molar refractivity (Wildman–Crippen MR) is 140 cm³/mol. The van der Waals surface area contributed by atoms with Gasteiger partial charge in [0.05, 0.1) is 25.4 Å². The molecule has 0 unspecified atom stereocenters. The van der Waals surface area contributed by atoms with Crippen LogP contribution in [0.3, 0.4) is 0 Å². The van der Waals surface area contributed by atoms with Crippen molar-refractivity contribution in [3.63, 3.8) is 0 Å². The van der Waals surface area contributed by atoms with Gasteiger partial charge in [-0.25, -0.2) is 4.39 Å². The van der Waals surface area contributed by atoms with Crippen molar-refractivity contribution >= 4 is 17.3 Å². The number of aliphatic imine (C=N–C) groups is 1. The molecule has 3 heterocycles. The zero-order valence-electron chi connectivity index (χ0n) is 21.1. The predicted octanol–water partition coefficient (Wildman–Crippen LogP) is 5.02. The molecule has 1 fully saturated rings. The Balaban J connectivity index is 1.32. The molecule has 2 aliphatic heterocycles. The van der Waals surface area contributed by atoms with E-state index in [1.165, 1.54) is 13.2 Å². The minimum Gasteiger partial charge on any atom is -0.496 e. The number of ketones is 2. The second-order valence-electron chi connectivity index (χ2n) is 9.82. The fourth-order valence-corrected chi connectivity index (χ4v) is 5.51. The molecular formula is C30H30FN3O3. The van der Waals surface area contributed by atoms with E-state index >= 15 is 0 Å². The first-order valence-corrected chi connectivity index (χ1v) is 12.6.